The third-order valence-electron chi connectivity index (χ3n) is 2.97. The lowest BCUT2D eigenvalue weighted by atomic mass is 10.1. The van der Waals surface area contributed by atoms with Gasteiger partial charge >= 0.3 is 0 Å². The Bertz CT molecular complexity index is 555. The second-order valence-corrected chi connectivity index (χ2v) is 5.73. The Morgan fingerprint density at radius 2 is 1.89 bits per heavy atom. The van der Waals surface area contributed by atoms with E-state index in [4.69, 9.17) is 17.3 Å². The number of benzene rings is 2. The summed E-state index contributed by atoms with van der Waals surface area (Å²) in [5.74, 6) is 0. The van der Waals surface area contributed by atoms with Crippen LogP contribution in [-0.2, 0) is 0 Å². The molecule has 2 aromatic carbocycles. The van der Waals surface area contributed by atoms with Gasteiger partial charge in [-0.2, -0.15) is 0 Å². The number of anilines is 1. The molecule has 0 fully saturated rings. The molecule has 100 valence electrons. The van der Waals surface area contributed by atoms with Crippen molar-refractivity contribution in [1.82, 2.24) is 0 Å². The van der Waals surface area contributed by atoms with E-state index in [2.05, 4.69) is 52.4 Å². The molecule has 2 rings (SSSR count). The van der Waals surface area contributed by atoms with E-state index in [9.17, 15) is 0 Å². The van der Waals surface area contributed by atoms with Gasteiger partial charge < -0.3 is 11.1 Å². The van der Waals surface area contributed by atoms with Crippen LogP contribution in [0.1, 0.15) is 17.2 Å². The number of nitrogens with two attached hydrogens (primary N) is 1. The first-order chi connectivity index (χ1) is 9.10. The maximum absolute atomic E-state index is 6.12. The zero-order valence-electron chi connectivity index (χ0n) is 10.7. The number of aryl methyl sites for hydroxylation is 1. The summed E-state index contributed by atoms with van der Waals surface area (Å²) in [6.45, 7) is 2.57. The molecule has 3 N–H and O–H groups in total. The van der Waals surface area contributed by atoms with Crippen molar-refractivity contribution < 1.29 is 0 Å². The predicted octanol–water partition coefficient (Wildman–Crippen LogP) is 4.52. The van der Waals surface area contributed by atoms with Crippen LogP contribution in [-0.4, -0.2) is 6.54 Å². The highest BCUT2D eigenvalue weighted by Crippen LogP contribution is 2.27. The molecule has 0 aromatic heterocycles. The van der Waals surface area contributed by atoms with E-state index < -0.39 is 0 Å². The molecule has 2 aromatic rings. The van der Waals surface area contributed by atoms with E-state index in [-0.39, 0.29) is 6.04 Å². The fourth-order valence-electron chi connectivity index (χ4n) is 1.86. The second kappa shape index (κ2) is 6.42. The fourth-order valence-corrected chi connectivity index (χ4v) is 2.29. The molecule has 0 saturated heterocycles. The van der Waals surface area contributed by atoms with Crippen molar-refractivity contribution in [3.63, 3.8) is 0 Å². The molecule has 0 saturated carbocycles. The van der Waals surface area contributed by atoms with Gasteiger partial charge in [0.1, 0.15) is 0 Å². The maximum Gasteiger partial charge on any atom is 0.0636 e. The lowest BCUT2D eigenvalue weighted by molar-refractivity contribution is 0.790. The Balaban J connectivity index is 2.19. The molecule has 19 heavy (non-hydrogen) atoms. The lowest BCUT2D eigenvalue weighted by Gasteiger charge is -2.19. The van der Waals surface area contributed by atoms with E-state index in [1.54, 1.807) is 0 Å². The standard InChI is InChI=1S/C15H16BrClN2/c1-10-2-5-12(6-3-10)19-15(9-18)11-4-7-13(16)14(17)8-11/h2-8,15,19H,9,18H2,1H3. The van der Waals surface area contributed by atoms with Crippen LogP contribution in [0, 0.1) is 6.92 Å². The molecule has 0 amide bonds. The second-order valence-electron chi connectivity index (χ2n) is 4.47. The highest BCUT2D eigenvalue weighted by Gasteiger charge is 2.11. The maximum atomic E-state index is 6.12. The van der Waals surface area contributed by atoms with E-state index in [0.29, 0.717) is 11.6 Å². The summed E-state index contributed by atoms with van der Waals surface area (Å²) in [5.41, 5.74) is 9.23. The molecule has 0 aliphatic rings. The zero-order chi connectivity index (χ0) is 13.8. The minimum Gasteiger partial charge on any atom is -0.377 e. The van der Waals surface area contributed by atoms with E-state index >= 15 is 0 Å². The van der Waals surface area contributed by atoms with Gasteiger partial charge in [-0.1, -0.05) is 35.4 Å². The Labute approximate surface area is 127 Å². The summed E-state index contributed by atoms with van der Waals surface area (Å²) in [4.78, 5) is 0. The van der Waals surface area contributed by atoms with E-state index in [1.807, 2.05) is 18.2 Å². The topological polar surface area (TPSA) is 38.0 Å². The summed E-state index contributed by atoms with van der Waals surface area (Å²) in [7, 11) is 0. The van der Waals surface area contributed by atoms with Crippen molar-refractivity contribution in [3.8, 4) is 0 Å². The molecule has 0 aliphatic heterocycles. The predicted molar refractivity (Wildman–Crippen MR) is 85.7 cm³/mol. The van der Waals surface area contributed by atoms with Gasteiger partial charge in [0.25, 0.3) is 0 Å². The minimum atomic E-state index is 0.0494. The number of hydrogen-bond acceptors (Lipinski definition) is 2. The van der Waals surface area contributed by atoms with Crippen LogP contribution >= 0.6 is 27.5 Å². The zero-order valence-corrected chi connectivity index (χ0v) is 13.0. The molecule has 0 bridgehead atoms. The molecular weight excluding hydrogens is 324 g/mol. The van der Waals surface area contributed by atoms with Gasteiger partial charge in [-0.25, -0.2) is 0 Å². The summed E-state index contributed by atoms with van der Waals surface area (Å²) >= 11 is 9.51. The first-order valence-electron chi connectivity index (χ1n) is 6.08. The first kappa shape index (κ1) is 14.4. The van der Waals surface area contributed by atoms with Crippen LogP contribution < -0.4 is 11.1 Å². The summed E-state index contributed by atoms with van der Waals surface area (Å²) in [6.07, 6.45) is 0. The fraction of sp³-hybridized carbons (Fsp3) is 0.200. The normalized spacial score (nSPS) is 12.2. The molecule has 1 unspecified atom stereocenters. The van der Waals surface area contributed by atoms with Gasteiger partial charge in [-0.05, 0) is 52.7 Å². The van der Waals surface area contributed by atoms with Crippen LogP contribution in [0.3, 0.4) is 0 Å². The number of rotatable bonds is 4. The molecule has 0 heterocycles. The van der Waals surface area contributed by atoms with Gasteiger partial charge in [0.05, 0.1) is 11.1 Å². The number of halogens is 2. The van der Waals surface area contributed by atoms with Crippen molar-refractivity contribution in [3.05, 3.63) is 63.1 Å². The van der Waals surface area contributed by atoms with Crippen molar-refractivity contribution in [2.24, 2.45) is 5.73 Å². The molecule has 0 aliphatic carbocycles. The monoisotopic (exact) mass is 338 g/mol. The Hall–Kier alpha value is -1.03. The van der Waals surface area contributed by atoms with Crippen LogP contribution in [0.25, 0.3) is 0 Å². The van der Waals surface area contributed by atoms with Gasteiger partial charge in [-0.3, -0.25) is 0 Å². The van der Waals surface area contributed by atoms with Gasteiger partial charge in [-0.15, -0.1) is 0 Å². The Morgan fingerprint density at radius 3 is 2.47 bits per heavy atom. The largest absolute Gasteiger partial charge is 0.377 e. The van der Waals surface area contributed by atoms with Crippen LogP contribution in [0.4, 0.5) is 5.69 Å². The highest BCUT2D eigenvalue weighted by molar-refractivity contribution is 9.10. The first-order valence-corrected chi connectivity index (χ1v) is 7.25. The molecule has 0 spiro atoms. The Morgan fingerprint density at radius 1 is 1.21 bits per heavy atom. The quantitative estimate of drug-likeness (QED) is 0.859. The SMILES string of the molecule is Cc1ccc(NC(CN)c2ccc(Br)c(Cl)c2)cc1. The summed E-state index contributed by atoms with van der Waals surface area (Å²) in [6, 6.07) is 14.2. The number of hydrogen-bond donors (Lipinski definition) is 2. The third kappa shape index (κ3) is 3.72. The lowest BCUT2D eigenvalue weighted by Crippen LogP contribution is -2.20. The molecule has 4 heteroatoms. The minimum absolute atomic E-state index is 0.0494. The molecule has 1 atom stereocenters. The molecular formula is C15H16BrClN2. The third-order valence-corrected chi connectivity index (χ3v) is 4.21. The van der Waals surface area contributed by atoms with Crippen molar-refractivity contribution in [2.75, 3.05) is 11.9 Å². The van der Waals surface area contributed by atoms with E-state index in [0.717, 1.165) is 15.7 Å². The van der Waals surface area contributed by atoms with Crippen LogP contribution in [0.2, 0.25) is 5.02 Å². The van der Waals surface area contributed by atoms with Gasteiger partial charge in [0, 0.05) is 16.7 Å². The Kier molecular flexibility index (Phi) is 4.86. The van der Waals surface area contributed by atoms with Crippen LogP contribution in [0.15, 0.2) is 46.9 Å². The molecule has 2 nitrogen and oxygen atoms in total. The number of nitrogens with one attached hydrogen (secondary N) is 1. The average Bonchev–Trinajstić information content (AvgIpc) is 2.41. The van der Waals surface area contributed by atoms with E-state index in [1.165, 1.54) is 5.56 Å². The van der Waals surface area contributed by atoms with Crippen molar-refractivity contribution in [1.29, 1.82) is 0 Å². The van der Waals surface area contributed by atoms with Crippen LogP contribution in [0.5, 0.6) is 0 Å². The van der Waals surface area contributed by atoms with Gasteiger partial charge in [0.2, 0.25) is 0 Å². The van der Waals surface area contributed by atoms with Crippen molar-refractivity contribution >= 4 is 33.2 Å². The van der Waals surface area contributed by atoms with Crippen molar-refractivity contribution in [2.45, 2.75) is 13.0 Å². The summed E-state index contributed by atoms with van der Waals surface area (Å²) < 4.78 is 0.893. The average molecular weight is 340 g/mol. The highest BCUT2D eigenvalue weighted by atomic mass is 79.9. The van der Waals surface area contributed by atoms with Gasteiger partial charge in [0.15, 0.2) is 0 Å². The molecule has 0 radical (unpaired) electrons. The smallest absolute Gasteiger partial charge is 0.0636 e. The summed E-state index contributed by atoms with van der Waals surface area (Å²) in [5, 5.41) is 4.12.